The molecular formula is C28H34N2O5S. The Labute approximate surface area is 213 Å². The van der Waals surface area contributed by atoms with E-state index in [2.05, 4.69) is 9.71 Å². The van der Waals surface area contributed by atoms with Gasteiger partial charge >= 0.3 is 5.97 Å². The van der Waals surface area contributed by atoms with Crippen molar-refractivity contribution in [1.82, 2.24) is 9.71 Å². The van der Waals surface area contributed by atoms with Crippen LogP contribution in [0.5, 0.6) is 5.75 Å². The quantitative estimate of drug-likeness (QED) is 0.434. The topological polar surface area (TPSA) is 94.6 Å². The molecule has 2 aromatic carbocycles. The summed E-state index contributed by atoms with van der Waals surface area (Å²) in [5.74, 6) is -0.275. The number of pyridine rings is 1. The predicted octanol–water partition coefficient (Wildman–Crippen LogP) is 5.30. The lowest BCUT2D eigenvalue weighted by molar-refractivity contribution is -0.161. The Bertz CT molecular complexity index is 1330. The zero-order valence-corrected chi connectivity index (χ0v) is 22.1. The van der Waals surface area contributed by atoms with Crippen molar-refractivity contribution < 1.29 is 22.7 Å². The zero-order valence-electron chi connectivity index (χ0n) is 21.3. The maximum atomic E-state index is 13.1. The molecule has 3 aromatic rings. The van der Waals surface area contributed by atoms with Gasteiger partial charge in [-0.05, 0) is 76.9 Å². The SMILES string of the molecule is Cc1cc(COc2ccc(S(=O)(=O)NC3CCCCC3C(=O)OC(C)(C)C)cc2)c2ccccc2n1. The third-order valence-corrected chi connectivity index (χ3v) is 7.75. The number of esters is 1. The standard InChI is InChI=1S/C28H34N2O5S/c1-19-17-20(23-9-5-7-11-25(23)29-19)18-34-21-13-15-22(16-14-21)36(32,33)30-26-12-8-6-10-24(26)27(31)35-28(2,3)4/h5,7,9,11,13-17,24,26,30H,6,8,10,12,18H2,1-4H3. The molecule has 0 amide bonds. The molecule has 8 heteroatoms. The number of sulfonamides is 1. The van der Waals surface area contributed by atoms with Crippen LogP contribution in [0, 0.1) is 12.8 Å². The van der Waals surface area contributed by atoms with Crippen molar-refractivity contribution in [1.29, 1.82) is 0 Å². The number of nitrogens with zero attached hydrogens (tertiary/aromatic N) is 1. The highest BCUT2D eigenvalue weighted by molar-refractivity contribution is 7.89. The van der Waals surface area contributed by atoms with Gasteiger partial charge in [-0.2, -0.15) is 0 Å². The smallest absolute Gasteiger partial charge is 0.311 e. The molecule has 36 heavy (non-hydrogen) atoms. The third kappa shape index (κ3) is 6.42. The van der Waals surface area contributed by atoms with Crippen LogP contribution < -0.4 is 9.46 Å². The second kappa shape index (κ2) is 10.6. The zero-order chi connectivity index (χ0) is 25.9. The summed E-state index contributed by atoms with van der Waals surface area (Å²) in [5.41, 5.74) is 2.22. The lowest BCUT2D eigenvalue weighted by Gasteiger charge is -2.32. The van der Waals surface area contributed by atoms with Crippen LogP contribution in [-0.4, -0.2) is 31.0 Å². The lowest BCUT2D eigenvalue weighted by atomic mass is 9.85. The summed E-state index contributed by atoms with van der Waals surface area (Å²) >= 11 is 0. The number of nitrogens with one attached hydrogen (secondary N) is 1. The van der Waals surface area contributed by atoms with E-state index in [1.165, 1.54) is 12.1 Å². The van der Waals surface area contributed by atoms with Crippen LogP contribution in [0.15, 0.2) is 59.5 Å². The van der Waals surface area contributed by atoms with Crippen LogP contribution in [0.3, 0.4) is 0 Å². The number of hydrogen-bond donors (Lipinski definition) is 1. The molecule has 0 aliphatic heterocycles. The Hall–Kier alpha value is -2.97. The average Bonchev–Trinajstić information content (AvgIpc) is 2.81. The van der Waals surface area contributed by atoms with Gasteiger partial charge in [-0.3, -0.25) is 9.78 Å². The first-order valence-electron chi connectivity index (χ1n) is 12.4. The van der Waals surface area contributed by atoms with Crippen molar-refractivity contribution in [2.75, 3.05) is 0 Å². The molecule has 1 aromatic heterocycles. The van der Waals surface area contributed by atoms with Crippen LogP contribution >= 0.6 is 0 Å². The summed E-state index contributed by atoms with van der Waals surface area (Å²) < 4.78 is 40.5. The highest BCUT2D eigenvalue weighted by atomic mass is 32.2. The molecule has 1 fully saturated rings. The minimum atomic E-state index is -3.81. The summed E-state index contributed by atoms with van der Waals surface area (Å²) in [4.78, 5) is 17.4. The third-order valence-electron chi connectivity index (χ3n) is 6.24. The van der Waals surface area contributed by atoms with Crippen LogP contribution in [0.25, 0.3) is 10.9 Å². The lowest BCUT2D eigenvalue weighted by Crippen LogP contribution is -2.46. The summed E-state index contributed by atoms with van der Waals surface area (Å²) in [5, 5.41) is 1.03. The summed E-state index contributed by atoms with van der Waals surface area (Å²) in [6.07, 6.45) is 2.95. The van der Waals surface area contributed by atoms with E-state index in [-0.39, 0.29) is 10.9 Å². The van der Waals surface area contributed by atoms with E-state index in [0.29, 0.717) is 25.2 Å². The van der Waals surface area contributed by atoms with E-state index in [0.717, 1.165) is 35.0 Å². The molecule has 2 unspecified atom stereocenters. The number of rotatable bonds is 7. The fourth-order valence-electron chi connectivity index (χ4n) is 4.59. The van der Waals surface area contributed by atoms with Crippen LogP contribution in [0.4, 0.5) is 0 Å². The van der Waals surface area contributed by atoms with E-state index in [1.807, 2.05) is 58.0 Å². The fourth-order valence-corrected chi connectivity index (χ4v) is 5.90. The molecule has 1 saturated carbocycles. The van der Waals surface area contributed by atoms with Gasteiger partial charge in [0, 0.05) is 22.7 Å². The van der Waals surface area contributed by atoms with Gasteiger partial charge in [0.05, 0.1) is 16.3 Å². The normalized spacial score (nSPS) is 18.7. The van der Waals surface area contributed by atoms with Gasteiger partial charge in [-0.25, -0.2) is 13.1 Å². The largest absolute Gasteiger partial charge is 0.489 e. The number of carbonyl (C=O) groups is 1. The van der Waals surface area contributed by atoms with E-state index in [9.17, 15) is 13.2 Å². The average molecular weight is 511 g/mol. The number of ether oxygens (including phenoxy) is 2. The number of benzene rings is 2. The first-order chi connectivity index (χ1) is 17.0. The van der Waals surface area contributed by atoms with E-state index < -0.39 is 27.6 Å². The molecule has 0 spiro atoms. The Morgan fingerprint density at radius 3 is 2.47 bits per heavy atom. The van der Waals surface area contributed by atoms with Crippen LogP contribution in [0.2, 0.25) is 0 Å². The van der Waals surface area contributed by atoms with Crippen LogP contribution in [-0.2, 0) is 26.2 Å². The van der Waals surface area contributed by atoms with Gasteiger partial charge in [-0.1, -0.05) is 31.0 Å². The molecule has 1 heterocycles. The number of para-hydroxylation sites is 1. The van der Waals surface area contributed by atoms with Gasteiger partial charge in [0.25, 0.3) is 0 Å². The van der Waals surface area contributed by atoms with Crippen LogP contribution in [0.1, 0.15) is 57.7 Å². The number of fused-ring (bicyclic) bond motifs is 1. The molecule has 2 atom stereocenters. The molecule has 0 saturated heterocycles. The first kappa shape index (κ1) is 26.1. The predicted molar refractivity (Wildman–Crippen MR) is 139 cm³/mol. The summed E-state index contributed by atoms with van der Waals surface area (Å²) in [6.45, 7) is 7.73. The molecule has 0 radical (unpaired) electrons. The highest BCUT2D eigenvalue weighted by Crippen LogP contribution is 2.29. The van der Waals surface area contributed by atoms with E-state index >= 15 is 0 Å². The minimum absolute atomic E-state index is 0.133. The van der Waals surface area contributed by atoms with Crippen molar-refractivity contribution in [2.24, 2.45) is 5.92 Å². The Balaban J connectivity index is 1.44. The van der Waals surface area contributed by atoms with Gasteiger partial charge in [0.1, 0.15) is 18.0 Å². The Kier molecular flexibility index (Phi) is 7.66. The van der Waals surface area contributed by atoms with E-state index in [1.54, 1.807) is 12.1 Å². The second-order valence-corrected chi connectivity index (χ2v) is 12.1. The molecule has 1 aliphatic rings. The van der Waals surface area contributed by atoms with Crippen molar-refractivity contribution >= 4 is 26.9 Å². The van der Waals surface area contributed by atoms with Crippen molar-refractivity contribution in [3.8, 4) is 5.75 Å². The number of aryl methyl sites for hydroxylation is 1. The fraction of sp³-hybridized carbons (Fsp3) is 0.429. The van der Waals surface area contributed by atoms with Gasteiger partial charge < -0.3 is 9.47 Å². The van der Waals surface area contributed by atoms with Gasteiger partial charge in [0.2, 0.25) is 10.0 Å². The summed E-state index contributed by atoms with van der Waals surface area (Å²) in [7, 11) is -3.81. The van der Waals surface area contributed by atoms with Gasteiger partial charge in [-0.15, -0.1) is 0 Å². The molecule has 0 bridgehead atoms. The Morgan fingerprint density at radius 1 is 1.06 bits per heavy atom. The first-order valence-corrected chi connectivity index (χ1v) is 13.8. The molecule has 4 rings (SSSR count). The monoisotopic (exact) mass is 510 g/mol. The van der Waals surface area contributed by atoms with Crippen molar-refractivity contribution in [3.05, 3.63) is 65.9 Å². The minimum Gasteiger partial charge on any atom is -0.489 e. The second-order valence-electron chi connectivity index (χ2n) is 10.4. The van der Waals surface area contributed by atoms with Crippen molar-refractivity contribution in [3.63, 3.8) is 0 Å². The van der Waals surface area contributed by atoms with Crippen molar-refractivity contribution in [2.45, 2.75) is 76.5 Å². The molecule has 1 aliphatic carbocycles. The maximum absolute atomic E-state index is 13.1. The molecule has 7 nitrogen and oxygen atoms in total. The summed E-state index contributed by atoms with van der Waals surface area (Å²) in [6, 6.07) is 15.8. The van der Waals surface area contributed by atoms with Gasteiger partial charge in [0.15, 0.2) is 0 Å². The Morgan fingerprint density at radius 2 is 1.75 bits per heavy atom. The molecular weight excluding hydrogens is 476 g/mol. The number of hydrogen-bond acceptors (Lipinski definition) is 6. The molecule has 192 valence electrons. The highest BCUT2D eigenvalue weighted by Gasteiger charge is 2.36. The van der Waals surface area contributed by atoms with E-state index in [4.69, 9.17) is 9.47 Å². The molecule has 1 N–H and O–H groups in total. The number of carbonyl (C=O) groups excluding carboxylic acids is 1. The maximum Gasteiger partial charge on any atom is 0.311 e. The number of aromatic nitrogens is 1.